The standard InChI is InChI=1S/C18H21FN6/c1-12-8-20-7-6-15(12)23-18-24-16-9-21-11-22-17(16)25(18)10-13-2-4-14(19)5-3-13/h2-5,9,11-12,15,20H,6-8,10H2,1H3,(H,23,24)/t12-,15+/m0/s1. The Morgan fingerprint density at radius 2 is 2.16 bits per heavy atom. The lowest BCUT2D eigenvalue weighted by atomic mass is 9.95. The molecule has 1 aliphatic rings. The van der Waals surface area contributed by atoms with Gasteiger partial charge in [0.25, 0.3) is 0 Å². The molecule has 1 saturated heterocycles. The summed E-state index contributed by atoms with van der Waals surface area (Å²) in [4.78, 5) is 13.2. The quantitative estimate of drug-likeness (QED) is 0.763. The smallest absolute Gasteiger partial charge is 0.205 e. The number of hydrogen-bond donors (Lipinski definition) is 2. The molecule has 1 aliphatic heterocycles. The molecular formula is C18H21FN6. The van der Waals surface area contributed by atoms with Gasteiger partial charge in [-0.25, -0.2) is 19.3 Å². The summed E-state index contributed by atoms with van der Waals surface area (Å²) in [7, 11) is 0. The van der Waals surface area contributed by atoms with Gasteiger partial charge >= 0.3 is 0 Å². The molecule has 0 amide bonds. The predicted molar refractivity (Wildman–Crippen MR) is 94.9 cm³/mol. The van der Waals surface area contributed by atoms with Crippen LogP contribution in [0.3, 0.4) is 0 Å². The van der Waals surface area contributed by atoms with Gasteiger partial charge in [0, 0.05) is 6.04 Å². The van der Waals surface area contributed by atoms with Crippen molar-refractivity contribution in [1.29, 1.82) is 0 Å². The van der Waals surface area contributed by atoms with Crippen molar-refractivity contribution in [3.8, 4) is 0 Å². The fourth-order valence-corrected chi connectivity index (χ4v) is 3.30. The van der Waals surface area contributed by atoms with Crippen LogP contribution in [-0.4, -0.2) is 38.7 Å². The van der Waals surface area contributed by atoms with Crippen molar-refractivity contribution in [1.82, 2.24) is 24.8 Å². The van der Waals surface area contributed by atoms with E-state index in [-0.39, 0.29) is 5.82 Å². The zero-order valence-corrected chi connectivity index (χ0v) is 14.1. The summed E-state index contributed by atoms with van der Waals surface area (Å²) in [6.45, 7) is 4.81. The van der Waals surface area contributed by atoms with Gasteiger partial charge < -0.3 is 10.6 Å². The van der Waals surface area contributed by atoms with Crippen LogP contribution in [0.5, 0.6) is 0 Å². The zero-order valence-electron chi connectivity index (χ0n) is 14.1. The van der Waals surface area contributed by atoms with Gasteiger partial charge in [-0.15, -0.1) is 0 Å². The van der Waals surface area contributed by atoms with Crippen molar-refractivity contribution in [2.75, 3.05) is 18.4 Å². The van der Waals surface area contributed by atoms with Crippen LogP contribution in [0.2, 0.25) is 0 Å². The van der Waals surface area contributed by atoms with Crippen molar-refractivity contribution < 1.29 is 4.39 Å². The predicted octanol–water partition coefficient (Wildman–Crippen LogP) is 2.42. The van der Waals surface area contributed by atoms with Crippen molar-refractivity contribution in [2.24, 2.45) is 5.92 Å². The van der Waals surface area contributed by atoms with Gasteiger partial charge in [-0.1, -0.05) is 19.1 Å². The molecule has 3 heterocycles. The van der Waals surface area contributed by atoms with E-state index in [1.165, 1.54) is 18.5 Å². The molecule has 1 fully saturated rings. The summed E-state index contributed by atoms with van der Waals surface area (Å²) in [5.74, 6) is 1.07. The Balaban J connectivity index is 1.68. The maximum atomic E-state index is 13.2. The monoisotopic (exact) mass is 340 g/mol. The van der Waals surface area contributed by atoms with Crippen molar-refractivity contribution in [2.45, 2.75) is 25.9 Å². The first-order valence-corrected chi connectivity index (χ1v) is 8.58. The van der Waals surface area contributed by atoms with Crippen LogP contribution < -0.4 is 10.6 Å². The Kier molecular flexibility index (Phi) is 4.31. The van der Waals surface area contributed by atoms with Crippen molar-refractivity contribution in [3.05, 3.63) is 48.2 Å². The summed E-state index contributed by atoms with van der Waals surface area (Å²) >= 11 is 0. The molecule has 6 nitrogen and oxygen atoms in total. The molecule has 2 aromatic heterocycles. The van der Waals surface area contributed by atoms with Crippen molar-refractivity contribution >= 4 is 17.1 Å². The maximum absolute atomic E-state index is 13.2. The molecule has 7 heteroatoms. The molecule has 0 radical (unpaired) electrons. The number of imidazole rings is 1. The number of nitrogens with zero attached hydrogens (tertiary/aromatic N) is 4. The van der Waals surface area contributed by atoms with Gasteiger partial charge in [0.2, 0.25) is 5.95 Å². The van der Waals surface area contributed by atoms with Gasteiger partial charge in [-0.3, -0.25) is 4.57 Å². The van der Waals surface area contributed by atoms with Gasteiger partial charge in [0.05, 0.1) is 12.7 Å². The molecule has 1 aromatic carbocycles. The van der Waals surface area contributed by atoms with Crippen LogP contribution in [0.25, 0.3) is 11.2 Å². The molecule has 4 rings (SSSR count). The molecule has 130 valence electrons. The Morgan fingerprint density at radius 1 is 1.32 bits per heavy atom. The SMILES string of the molecule is C[C@H]1CNCC[C@H]1Nc1nc2cncnc2n1Cc1ccc(F)cc1. The van der Waals surface area contributed by atoms with E-state index in [9.17, 15) is 4.39 Å². The maximum Gasteiger partial charge on any atom is 0.205 e. The van der Waals surface area contributed by atoms with Crippen LogP contribution in [0.4, 0.5) is 10.3 Å². The zero-order chi connectivity index (χ0) is 17.2. The molecule has 0 aliphatic carbocycles. The molecular weight excluding hydrogens is 319 g/mol. The topological polar surface area (TPSA) is 67.7 Å². The van der Waals surface area contributed by atoms with E-state index in [1.54, 1.807) is 18.3 Å². The second-order valence-corrected chi connectivity index (χ2v) is 6.60. The minimum Gasteiger partial charge on any atom is -0.352 e. The number of nitrogens with one attached hydrogen (secondary N) is 2. The van der Waals surface area contributed by atoms with Crippen LogP contribution in [0, 0.1) is 11.7 Å². The number of benzene rings is 1. The number of fused-ring (bicyclic) bond motifs is 1. The van der Waals surface area contributed by atoms with E-state index < -0.39 is 0 Å². The second kappa shape index (κ2) is 6.76. The highest BCUT2D eigenvalue weighted by molar-refractivity contribution is 5.73. The summed E-state index contributed by atoms with van der Waals surface area (Å²) < 4.78 is 15.2. The number of hydrogen-bond acceptors (Lipinski definition) is 5. The molecule has 3 aromatic rings. The Morgan fingerprint density at radius 3 is 2.96 bits per heavy atom. The second-order valence-electron chi connectivity index (χ2n) is 6.60. The molecule has 0 bridgehead atoms. The summed E-state index contributed by atoms with van der Waals surface area (Å²) in [6, 6.07) is 6.90. The Hall–Kier alpha value is -2.54. The fourth-order valence-electron chi connectivity index (χ4n) is 3.30. The summed E-state index contributed by atoms with van der Waals surface area (Å²) in [6.07, 6.45) is 4.30. The largest absolute Gasteiger partial charge is 0.352 e. The normalized spacial score (nSPS) is 20.7. The third kappa shape index (κ3) is 3.32. The fraction of sp³-hybridized carbons (Fsp3) is 0.389. The molecule has 2 atom stereocenters. The number of anilines is 1. The first kappa shape index (κ1) is 16.0. The number of halogens is 1. The third-order valence-corrected chi connectivity index (χ3v) is 4.76. The van der Waals surface area contributed by atoms with Gasteiger partial charge in [-0.2, -0.15) is 0 Å². The minimum atomic E-state index is -0.233. The van der Waals surface area contributed by atoms with Crippen LogP contribution in [0.15, 0.2) is 36.8 Å². The van der Waals surface area contributed by atoms with Crippen LogP contribution in [0.1, 0.15) is 18.9 Å². The van der Waals surface area contributed by atoms with E-state index in [1.807, 2.05) is 4.57 Å². The Bertz CT molecular complexity index is 860. The van der Waals surface area contributed by atoms with E-state index in [0.29, 0.717) is 18.5 Å². The minimum absolute atomic E-state index is 0.233. The van der Waals surface area contributed by atoms with E-state index in [2.05, 4.69) is 32.5 Å². The number of piperidine rings is 1. The molecule has 0 spiro atoms. The van der Waals surface area contributed by atoms with E-state index in [0.717, 1.165) is 42.2 Å². The van der Waals surface area contributed by atoms with Gasteiger partial charge in [0.1, 0.15) is 17.7 Å². The molecule has 0 unspecified atom stereocenters. The highest BCUT2D eigenvalue weighted by Gasteiger charge is 2.23. The van der Waals surface area contributed by atoms with Gasteiger partial charge in [-0.05, 0) is 43.1 Å². The van der Waals surface area contributed by atoms with Gasteiger partial charge in [0.15, 0.2) is 5.65 Å². The first-order chi connectivity index (χ1) is 12.2. The summed E-state index contributed by atoms with van der Waals surface area (Å²) in [5, 5.41) is 7.00. The van der Waals surface area contributed by atoms with Crippen molar-refractivity contribution in [3.63, 3.8) is 0 Å². The van der Waals surface area contributed by atoms with E-state index >= 15 is 0 Å². The third-order valence-electron chi connectivity index (χ3n) is 4.76. The Labute approximate surface area is 145 Å². The first-order valence-electron chi connectivity index (χ1n) is 8.58. The lowest BCUT2D eigenvalue weighted by Gasteiger charge is -2.30. The van der Waals surface area contributed by atoms with Crippen LogP contribution >= 0.6 is 0 Å². The average molecular weight is 340 g/mol. The van der Waals surface area contributed by atoms with E-state index in [4.69, 9.17) is 0 Å². The lowest BCUT2D eigenvalue weighted by Crippen LogP contribution is -2.42. The highest BCUT2D eigenvalue weighted by Crippen LogP contribution is 2.22. The molecule has 0 saturated carbocycles. The average Bonchev–Trinajstić information content (AvgIpc) is 2.96. The lowest BCUT2D eigenvalue weighted by molar-refractivity contribution is 0.366. The van der Waals surface area contributed by atoms with Crippen LogP contribution in [-0.2, 0) is 6.54 Å². The summed E-state index contributed by atoms with van der Waals surface area (Å²) in [5.41, 5.74) is 2.54. The number of aromatic nitrogens is 4. The molecule has 2 N–H and O–H groups in total. The highest BCUT2D eigenvalue weighted by atomic mass is 19.1. The number of rotatable bonds is 4. The molecule has 25 heavy (non-hydrogen) atoms.